The average molecular weight is 378 g/mol. The maximum absolute atomic E-state index is 12.5. The zero-order valence-electron chi connectivity index (χ0n) is 16.0. The minimum absolute atomic E-state index is 0.133. The SMILES string of the molecule is COc1cc(C#N)ccc1OCC(=O)NC(c1nc2ccccc2[nH]1)C(C)C. The molecule has 3 rings (SSSR count). The van der Waals surface area contributed by atoms with Gasteiger partial charge in [0, 0.05) is 6.07 Å². The fourth-order valence-electron chi connectivity index (χ4n) is 2.89. The van der Waals surface area contributed by atoms with E-state index in [0.717, 1.165) is 11.0 Å². The highest BCUT2D eigenvalue weighted by Gasteiger charge is 2.22. The number of hydrogen-bond acceptors (Lipinski definition) is 5. The van der Waals surface area contributed by atoms with Crippen LogP contribution in [0.4, 0.5) is 0 Å². The molecule has 0 fully saturated rings. The van der Waals surface area contributed by atoms with Gasteiger partial charge >= 0.3 is 0 Å². The van der Waals surface area contributed by atoms with Gasteiger partial charge in [-0.1, -0.05) is 26.0 Å². The average Bonchev–Trinajstić information content (AvgIpc) is 3.13. The van der Waals surface area contributed by atoms with E-state index in [1.165, 1.54) is 7.11 Å². The summed E-state index contributed by atoms with van der Waals surface area (Å²) in [7, 11) is 1.49. The van der Waals surface area contributed by atoms with Crippen molar-refractivity contribution in [2.24, 2.45) is 5.92 Å². The first-order valence-electron chi connectivity index (χ1n) is 8.96. The molecule has 0 bridgehead atoms. The monoisotopic (exact) mass is 378 g/mol. The van der Waals surface area contributed by atoms with Crippen LogP contribution >= 0.6 is 0 Å². The van der Waals surface area contributed by atoms with Gasteiger partial charge in [0.1, 0.15) is 5.82 Å². The Morgan fingerprint density at radius 1 is 1.25 bits per heavy atom. The van der Waals surface area contributed by atoms with Crippen molar-refractivity contribution in [3.05, 3.63) is 53.9 Å². The van der Waals surface area contributed by atoms with Gasteiger partial charge in [0.05, 0.1) is 35.8 Å². The van der Waals surface area contributed by atoms with Crippen LogP contribution in [0, 0.1) is 17.2 Å². The highest BCUT2D eigenvalue weighted by molar-refractivity contribution is 5.79. The molecule has 28 heavy (non-hydrogen) atoms. The molecular formula is C21H22N4O3. The van der Waals surface area contributed by atoms with E-state index in [2.05, 4.69) is 15.3 Å². The smallest absolute Gasteiger partial charge is 0.258 e. The Hall–Kier alpha value is -3.53. The Morgan fingerprint density at radius 3 is 2.71 bits per heavy atom. The molecule has 144 valence electrons. The quantitative estimate of drug-likeness (QED) is 0.657. The summed E-state index contributed by atoms with van der Waals surface area (Å²) < 4.78 is 10.8. The van der Waals surface area contributed by atoms with Crippen LogP contribution in [0.15, 0.2) is 42.5 Å². The molecule has 1 atom stereocenters. The third-order valence-corrected chi connectivity index (χ3v) is 4.34. The molecule has 1 amide bonds. The van der Waals surface area contributed by atoms with Crippen molar-refractivity contribution in [3.63, 3.8) is 0 Å². The predicted molar refractivity (Wildman–Crippen MR) is 105 cm³/mol. The van der Waals surface area contributed by atoms with Crippen molar-refractivity contribution in [1.82, 2.24) is 15.3 Å². The summed E-state index contributed by atoms with van der Waals surface area (Å²) in [5.74, 6) is 1.38. The molecule has 7 heteroatoms. The molecule has 1 aromatic heterocycles. The molecule has 0 spiro atoms. The second kappa shape index (κ2) is 8.44. The zero-order valence-corrected chi connectivity index (χ0v) is 16.0. The topological polar surface area (TPSA) is 100 Å². The molecule has 7 nitrogen and oxygen atoms in total. The summed E-state index contributed by atoms with van der Waals surface area (Å²) in [5, 5.41) is 11.9. The number of methoxy groups -OCH3 is 1. The van der Waals surface area contributed by atoms with Crippen molar-refractivity contribution < 1.29 is 14.3 Å². The summed E-state index contributed by atoms with van der Waals surface area (Å²) in [4.78, 5) is 20.3. The molecule has 0 aliphatic carbocycles. The van der Waals surface area contributed by atoms with E-state index < -0.39 is 0 Å². The first-order valence-corrected chi connectivity index (χ1v) is 8.96. The van der Waals surface area contributed by atoms with Crippen LogP contribution in [0.25, 0.3) is 11.0 Å². The van der Waals surface area contributed by atoms with Crippen molar-refractivity contribution in [2.75, 3.05) is 13.7 Å². The number of ether oxygens (including phenoxy) is 2. The molecule has 1 unspecified atom stereocenters. The molecule has 0 aliphatic rings. The Morgan fingerprint density at radius 2 is 2.04 bits per heavy atom. The number of carbonyl (C=O) groups is 1. The lowest BCUT2D eigenvalue weighted by Gasteiger charge is -2.20. The van der Waals surface area contributed by atoms with Gasteiger partial charge in [0.25, 0.3) is 5.91 Å². The maximum Gasteiger partial charge on any atom is 0.258 e. The zero-order chi connectivity index (χ0) is 20.1. The minimum Gasteiger partial charge on any atom is -0.493 e. The molecule has 0 saturated heterocycles. The van der Waals surface area contributed by atoms with Crippen molar-refractivity contribution in [3.8, 4) is 17.6 Å². The molecular weight excluding hydrogens is 356 g/mol. The van der Waals surface area contributed by atoms with E-state index in [1.54, 1.807) is 18.2 Å². The number of H-pyrrole nitrogens is 1. The van der Waals surface area contributed by atoms with Gasteiger partial charge in [0.2, 0.25) is 0 Å². The van der Waals surface area contributed by atoms with Crippen LogP contribution in [0.5, 0.6) is 11.5 Å². The normalized spacial score (nSPS) is 11.8. The van der Waals surface area contributed by atoms with Gasteiger partial charge < -0.3 is 19.8 Å². The van der Waals surface area contributed by atoms with Crippen LogP contribution in [0.1, 0.15) is 31.3 Å². The number of benzene rings is 2. The standard InChI is InChI=1S/C21H22N4O3/c1-13(2)20(21-23-15-6-4-5-7-16(15)24-21)25-19(26)12-28-17-9-8-14(11-22)10-18(17)27-3/h4-10,13,20H,12H2,1-3H3,(H,23,24)(H,25,26). The van der Waals surface area contributed by atoms with E-state index in [-0.39, 0.29) is 24.5 Å². The molecule has 0 saturated carbocycles. The second-order valence-corrected chi connectivity index (χ2v) is 6.69. The Kier molecular flexibility index (Phi) is 5.80. The Labute approximate surface area is 163 Å². The van der Waals surface area contributed by atoms with Crippen molar-refractivity contribution >= 4 is 16.9 Å². The predicted octanol–water partition coefficient (Wildman–Crippen LogP) is 3.34. The number of amides is 1. The van der Waals surface area contributed by atoms with Crippen LogP contribution in [-0.4, -0.2) is 29.6 Å². The number of nitrogens with one attached hydrogen (secondary N) is 2. The largest absolute Gasteiger partial charge is 0.493 e. The van der Waals surface area contributed by atoms with Gasteiger partial charge in [-0.15, -0.1) is 0 Å². The lowest BCUT2D eigenvalue weighted by molar-refractivity contribution is -0.124. The fourth-order valence-corrected chi connectivity index (χ4v) is 2.89. The number of rotatable bonds is 7. The second-order valence-electron chi connectivity index (χ2n) is 6.69. The van der Waals surface area contributed by atoms with Crippen molar-refractivity contribution in [1.29, 1.82) is 5.26 Å². The summed E-state index contributed by atoms with van der Waals surface area (Å²) in [5.41, 5.74) is 2.24. The molecule has 2 N–H and O–H groups in total. The van der Waals surface area contributed by atoms with E-state index in [9.17, 15) is 4.79 Å². The third-order valence-electron chi connectivity index (χ3n) is 4.34. The highest BCUT2D eigenvalue weighted by atomic mass is 16.5. The number of fused-ring (bicyclic) bond motifs is 1. The highest BCUT2D eigenvalue weighted by Crippen LogP contribution is 2.28. The molecule has 2 aromatic carbocycles. The first-order chi connectivity index (χ1) is 13.5. The van der Waals surface area contributed by atoms with Gasteiger partial charge in [0.15, 0.2) is 18.1 Å². The molecule has 0 aliphatic heterocycles. The molecule has 0 radical (unpaired) electrons. The minimum atomic E-state index is -0.273. The maximum atomic E-state index is 12.5. The van der Waals surface area contributed by atoms with Crippen LogP contribution in [-0.2, 0) is 4.79 Å². The van der Waals surface area contributed by atoms with E-state index >= 15 is 0 Å². The summed E-state index contributed by atoms with van der Waals surface area (Å²) in [6.07, 6.45) is 0. The number of aromatic amines is 1. The fraction of sp³-hybridized carbons (Fsp3) is 0.286. The first kappa shape index (κ1) is 19.2. The molecule has 3 aromatic rings. The van der Waals surface area contributed by atoms with Gasteiger partial charge in [-0.25, -0.2) is 4.98 Å². The van der Waals surface area contributed by atoms with E-state index in [4.69, 9.17) is 14.7 Å². The number of hydrogen-bond donors (Lipinski definition) is 2. The van der Waals surface area contributed by atoms with E-state index in [0.29, 0.717) is 22.9 Å². The van der Waals surface area contributed by atoms with Crippen LogP contribution in [0.2, 0.25) is 0 Å². The number of aromatic nitrogens is 2. The summed E-state index contributed by atoms with van der Waals surface area (Å²) in [6.45, 7) is 3.86. The molecule has 1 heterocycles. The summed E-state index contributed by atoms with van der Waals surface area (Å²) >= 11 is 0. The lowest BCUT2D eigenvalue weighted by atomic mass is 10.0. The third kappa shape index (κ3) is 4.23. The number of imidazole rings is 1. The van der Waals surface area contributed by atoms with Gasteiger partial charge in [-0.2, -0.15) is 5.26 Å². The van der Waals surface area contributed by atoms with Gasteiger partial charge in [-0.05, 0) is 30.2 Å². The van der Waals surface area contributed by atoms with Crippen LogP contribution in [0.3, 0.4) is 0 Å². The van der Waals surface area contributed by atoms with E-state index in [1.807, 2.05) is 44.2 Å². The number of carbonyl (C=O) groups excluding carboxylic acids is 1. The van der Waals surface area contributed by atoms with Gasteiger partial charge in [-0.3, -0.25) is 4.79 Å². The number of nitrogens with zero attached hydrogens (tertiary/aromatic N) is 2. The Bertz CT molecular complexity index is 987. The summed E-state index contributed by atoms with van der Waals surface area (Å²) in [6, 6.07) is 14.3. The lowest BCUT2D eigenvalue weighted by Crippen LogP contribution is -2.35. The van der Waals surface area contributed by atoms with Crippen molar-refractivity contribution in [2.45, 2.75) is 19.9 Å². The number of para-hydroxylation sites is 2. The Balaban J connectivity index is 1.69. The van der Waals surface area contributed by atoms with Crippen LogP contribution < -0.4 is 14.8 Å². The number of nitriles is 1.